The van der Waals surface area contributed by atoms with Gasteiger partial charge in [0.15, 0.2) is 0 Å². The lowest BCUT2D eigenvalue weighted by atomic mass is 9.94. The average Bonchev–Trinajstić information content (AvgIpc) is 3.26. The van der Waals surface area contributed by atoms with E-state index < -0.39 is 5.54 Å². The Hall–Kier alpha value is -2.76. The number of aromatic nitrogens is 1. The van der Waals surface area contributed by atoms with Crippen molar-refractivity contribution in [3.8, 4) is 16.9 Å². The number of likely N-dealkylation sites (tertiary alicyclic amines) is 1. The van der Waals surface area contributed by atoms with Gasteiger partial charge in [-0.25, -0.2) is 4.39 Å². The first-order chi connectivity index (χ1) is 13.8. The van der Waals surface area contributed by atoms with Crippen molar-refractivity contribution in [3.63, 3.8) is 0 Å². The summed E-state index contributed by atoms with van der Waals surface area (Å²) in [7, 11) is 1.82. The zero-order chi connectivity index (χ0) is 20.8. The molecule has 0 N–H and O–H groups in total. The van der Waals surface area contributed by atoms with Crippen LogP contribution in [0.1, 0.15) is 43.1 Å². The molecule has 1 aromatic heterocycles. The van der Waals surface area contributed by atoms with Crippen molar-refractivity contribution >= 4 is 11.6 Å². The van der Waals surface area contributed by atoms with Crippen molar-refractivity contribution in [2.45, 2.75) is 45.6 Å². The van der Waals surface area contributed by atoms with Gasteiger partial charge < -0.3 is 9.64 Å². The molecule has 0 aliphatic carbocycles. The number of ether oxygens (including phenoxy) is 1. The lowest BCUT2D eigenvalue weighted by Gasteiger charge is -2.17. The quantitative estimate of drug-likeness (QED) is 0.784. The first-order valence-corrected chi connectivity index (χ1v) is 10.1. The molecule has 0 radical (unpaired) electrons. The van der Waals surface area contributed by atoms with Crippen LogP contribution in [0.4, 0.5) is 4.39 Å². The van der Waals surface area contributed by atoms with E-state index in [2.05, 4.69) is 0 Å². The molecule has 1 fully saturated rings. The summed E-state index contributed by atoms with van der Waals surface area (Å²) in [5, 5.41) is 0. The fourth-order valence-electron chi connectivity index (χ4n) is 4.26. The van der Waals surface area contributed by atoms with Crippen molar-refractivity contribution < 1.29 is 13.9 Å². The van der Waals surface area contributed by atoms with Crippen LogP contribution in [0.3, 0.4) is 0 Å². The van der Waals surface area contributed by atoms with Crippen LogP contribution in [0.15, 0.2) is 29.3 Å². The molecule has 1 atom stereocenters. The average molecular weight is 395 g/mol. The second kappa shape index (κ2) is 7.25. The van der Waals surface area contributed by atoms with Gasteiger partial charge in [-0.2, -0.15) is 0 Å². The molecule has 0 bridgehead atoms. The lowest BCUT2D eigenvalue weighted by Crippen LogP contribution is -2.35. The Labute approximate surface area is 170 Å². The number of aliphatic imine (C=N–C) groups is 1. The highest BCUT2D eigenvalue weighted by molar-refractivity contribution is 6.05. The van der Waals surface area contributed by atoms with Crippen LogP contribution in [0.5, 0.6) is 5.75 Å². The predicted octanol–water partition coefficient (Wildman–Crippen LogP) is 4.09. The lowest BCUT2D eigenvalue weighted by molar-refractivity contribution is -0.130. The third kappa shape index (κ3) is 3.30. The second-order valence-electron chi connectivity index (χ2n) is 7.91. The summed E-state index contributed by atoms with van der Waals surface area (Å²) in [5.74, 6) is 0.425. The Morgan fingerprint density at radius 2 is 2.00 bits per heavy atom. The molecule has 29 heavy (non-hydrogen) atoms. The van der Waals surface area contributed by atoms with Crippen LogP contribution < -0.4 is 4.74 Å². The molecule has 4 rings (SSSR count). The fraction of sp³-hybridized carbons (Fsp3) is 0.435. The van der Waals surface area contributed by atoms with Gasteiger partial charge in [-0.1, -0.05) is 0 Å². The largest absolute Gasteiger partial charge is 0.494 e. The molecule has 2 aliphatic rings. The summed E-state index contributed by atoms with van der Waals surface area (Å²) in [6.45, 7) is 7.02. The van der Waals surface area contributed by atoms with Crippen molar-refractivity contribution in [2.75, 3.05) is 20.2 Å². The third-order valence-corrected chi connectivity index (χ3v) is 6.08. The van der Waals surface area contributed by atoms with Crippen molar-refractivity contribution in [1.29, 1.82) is 0 Å². The van der Waals surface area contributed by atoms with Gasteiger partial charge in [-0.05, 0) is 75.4 Å². The zero-order valence-corrected chi connectivity index (χ0v) is 17.4. The van der Waals surface area contributed by atoms with E-state index in [4.69, 9.17) is 14.7 Å². The standard InChI is InChI=1S/C23H26FN3O2/c1-5-29-16-6-7-19(24)18(12-16)17-13-21(25-15(3)14(17)2)20-8-9-23(26-20)10-11-27(4)22(23)28/h6-7,12-13H,5,8-11H2,1-4H3/t23-/m0/s1. The van der Waals surface area contributed by atoms with Crippen molar-refractivity contribution in [1.82, 2.24) is 9.88 Å². The molecule has 0 unspecified atom stereocenters. The van der Waals surface area contributed by atoms with E-state index in [0.29, 0.717) is 30.8 Å². The monoisotopic (exact) mass is 395 g/mol. The number of amides is 1. The van der Waals surface area contributed by atoms with E-state index >= 15 is 0 Å². The summed E-state index contributed by atoms with van der Waals surface area (Å²) in [4.78, 5) is 23.9. The number of halogens is 1. The number of hydrogen-bond donors (Lipinski definition) is 0. The minimum absolute atomic E-state index is 0.0898. The molecule has 3 heterocycles. The minimum Gasteiger partial charge on any atom is -0.494 e. The Balaban J connectivity index is 1.78. The number of hydrogen-bond acceptors (Lipinski definition) is 4. The molecular formula is C23H26FN3O2. The SMILES string of the molecule is CCOc1ccc(F)c(-c2cc(C3=N[C@@]4(CC3)CCN(C)C4=O)nc(C)c2C)c1. The van der Waals surface area contributed by atoms with Gasteiger partial charge in [0, 0.05) is 24.8 Å². The molecule has 1 spiro atoms. The van der Waals surface area contributed by atoms with Crippen LogP contribution in [0.25, 0.3) is 11.1 Å². The van der Waals surface area contributed by atoms with Crippen LogP contribution >= 0.6 is 0 Å². The van der Waals surface area contributed by atoms with Gasteiger partial charge in [0.2, 0.25) is 5.91 Å². The van der Waals surface area contributed by atoms with Crippen LogP contribution in [-0.2, 0) is 4.79 Å². The van der Waals surface area contributed by atoms with Gasteiger partial charge in [0.05, 0.1) is 18.0 Å². The number of benzene rings is 1. The maximum Gasteiger partial charge on any atom is 0.250 e. The molecule has 6 heteroatoms. The van der Waals surface area contributed by atoms with Gasteiger partial charge in [-0.3, -0.25) is 14.8 Å². The number of likely N-dealkylation sites (N-methyl/N-ethyl adjacent to an activating group) is 1. The van der Waals surface area contributed by atoms with Gasteiger partial charge in [0.1, 0.15) is 17.1 Å². The first-order valence-electron chi connectivity index (χ1n) is 10.1. The summed E-state index contributed by atoms with van der Waals surface area (Å²) in [6, 6.07) is 6.71. The summed E-state index contributed by atoms with van der Waals surface area (Å²) in [5.41, 5.74) is 3.95. The predicted molar refractivity (Wildman–Crippen MR) is 111 cm³/mol. The number of pyridine rings is 1. The second-order valence-corrected chi connectivity index (χ2v) is 7.91. The van der Waals surface area contributed by atoms with E-state index in [0.717, 1.165) is 41.2 Å². The Morgan fingerprint density at radius 1 is 1.21 bits per heavy atom. The highest BCUT2D eigenvalue weighted by Crippen LogP contribution is 2.38. The number of nitrogens with zero attached hydrogens (tertiary/aromatic N) is 3. The molecule has 5 nitrogen and oxygen atoms in total. The maximum atomic E-state index is 14.7. The normalized spacial score (nSPS) is 21.2. The summed E-state index contributed by atoms with van der Waals surface area (Å²) in [6.07, 6.45) is 2.16. The molecule has 1 aromatic carbocycles. The van der Waals surface area contributed by atoms with E-state index in [1.54, 1.807) is 17.0 Å². The molecule has 0 saturated carbocycles. The van der Waals surface area contributed by atoms with Gasteiger partial charge in [-0.15, -0.1) is 0 Å². The van der Waals surface area contributed by atoms with Crippen LogP contribution in [0, 0.1) is 19.7 Å². The molecule has 1 saturated heterocycles. The van der Waals surface area contributed by atoms with Gasteiger partial charge >= 0.3 is 0 Å². The van der Waals surface area contributed by atoms with Crippen LogP contribution in [-0.4, -0.2) is 47.2 Å². The fourth-order valence-corrected chi connectivity index (χ4v) is 4.26. The first kappa shape index (κ1) is 19.6. The zero-order valence-electron chi connectivity index (χ0n) is 17.4. The number of carbonyl (C=O) groups is 1. The number of rotatable bonds is 4. The highest BCUT2D eigenvalue weighted by atomic mass is 19.1. The highest BCUT2D eigenvalue weighted by Gasteiger charge is 2.48. The van der Waals surface area contributed by atoms with Gasteiger partial charge in [0.25, 0.3) is 0 Å². The van der Waals surface area contributed by atoms with Crippen LogP contribution in [0.2, 0.25) is 0 Å². The number of aryl methyl sites for hydroxylation is 1. The molecule has 152 valence electrons. The Kier molecular flexibility index (Phi) is 4.89. The van der Waals surface area contributed by atoms with E-state index in [-0.39, 0.29) is 11.7 Å². The minimum atomic E-state index is -0.634. The third-order valence-electron chi connectivity index (χ3n) is 6.08. The topological polar surface area (TPSA) is 54.8 Å². The van der Waals surface area contributed by atoms with E-state index in [1.807, 2.05) is 33.9 Å². The molecule has 2 aromatic rings. The van der Waals surface area contributed by atoms with E-state index in [1.165, 1.54) is 6.07 Å². The summed E-state index contributed by atoms with van der Waals surface area (Å²) < 4.78 is 20.3. The maximum absolute atomic E-state index is 14.7. The smallest absolute Gasteiger partial charge is 0.250 e. The summed E-state index contributed by atoms with van der Waals surface area (Å²) >= 11 is 0. The van der Waals surface area contributed by atoms with Crippen molar-refractivity contribution in [3.05, 3.63) is 47.0 Å². The molecular weight excluding hydrogens is 369 g/mol. The number of carbonyl (C=O) groups excluding carboxylic acids is 1. The Bertz CT molecular complexity index is 1020. The molecule has 1 amide bonds. The molecule has 2 aliphatic heterocycles. The Morgan fingerprint density at radius 3 is 2.69 bits per heavy atom. The van der Waals surface area contributed by atoms with Crippen molar-refractivity contribution in [2.24, 2.45) is 4.99 Å². The van der Waals surface area contributed by atoms with E-state index in [9.17, 15) is 9.18 Å².